The lowest BCUT2D eigenvalue weighted by Crippen LogP contribution is -2.20. The van der Waals surface area contributed by atoms with Crippen molar-refractivity contribution in [3.8, 4) is 17.2 Å². The minimum atomic E-state index is -0.363. The number of ether oxygens (including phenoxy) is 3. The van der Waals surface area contributed by atoms with Crippen LogP contribution in [0, 0.1) is 0 Å². The quantitative estimate of drug-likeness (QED) is 0.158. The summed E-state index contributed by atoms with van der Waals surface area (Å²) in [4.78, 5) is 24.4. The van der Waals surface area contributed by atoms with Gasteiger partial charge < -0.3 is 19.5 Å². The molecule has 206 valence electrons. The average Bonchev–Trinajstić information content (AvgIpc) is 2.97. The summed E-state index contributed by atoms with van der Waals surface area (Å²) in [5.41, 5.74) is 4.92. The number of carbonyl (C=O) groups is 2. The predicted molar refractivity (Wildman–Crippen MR) is 157 cm³/mol. The van der Waals surface area contributed by atoms with Crippen LogP contribution in [0.5, 0.6) is 17.2 Å². The summed E-state index contributed by atoms with van der Waals surface area (Å²) < 4.78 is 17.3. The highest BCUT2D eigenvalue weighted by Gasteiger charge is 2.09. The van der Waals surface area contributed by atoms with E-state index in [1.807, 2.05) is 50.2 Å². The van der Waals surface area contributed by atoms with Crippen molar-refractivity contribution in [2.45, 2.75) is 33.3 Å². The minimum Gasteiger partial charge on any atom is -0.494 e. The highest BCUT2D eigenvalue weighted by molar-refractivity contribution is 5.93. The smallest absolute Gasteiger partial charge is 0.240 e. The molecule has 0 aliphatic rings. The topological polar surface area (TPSA) is 98.2 Å². The van der Waals surface area contributed by atoms with Crippen LogP contribution in [-0.4, -0.2) is 31.2 Å². The molecule has 0 spiro atoms. The standard InChI is InChI=1S/C32H33N3O5/c1-3-38-27-15-13-26(14-16-27)34-31(36)18-19-32(37)35-33-21-23-12-17-29(30(20-23)39-4-2)40-22-25-10-7-9-24-8-5-6-11-28(24)25/h5-17,20-21H,3-4,18-19,22H2,1-2H3,(H,34,36)(H,35,37). The number of carbonyl (C=O) groups excluding carboxylic acids is 2. The summed E-state index contributed by atoms with van der Waals surface area (Å²) in [5, 5.41) is 9.10. The Bertz CT molecular complexity index is 1460. The molecule has 0 aliphatic heterocycles. The highest BCUT2D eigenvalue weighted by Crippen LogP contribution is 2.30. The summed E-state index contributed by atoms with van der Waals surface area (Å²) in [5.74, 6) is 1.31. The fraction of sp³-hybridized carbons (Fsp3) is 0.219. The Kier molecular flexibility index (Phi) is 10.1. The van der Waals surface area contributed by atoms with E-state index in [0.717, 1.165) is 27.6 Å². The molecule has 0 saturated carbocycles. The Balaban J connectivity index is 1.27. The molecule has 0 unspecified atom stereocenters. The number of anilines is 1. The lowest BCUT2D eigenvalue weighted by Gasteiger charge is -2.13. The molecule has 0 atom stereocenters. The highest BCUT2D eigenvalue weighted by atomic mass is 16.5. The van der Waals surface area contributed by atoms with E-state index < -0.39 is 0 Å². The van der Waals surface area contributed by atoms with Crippen molar-refractivity contribution < 1.29 is 23.8 Å². The van der Waals surface area contributed by atoms with Gasteiger partial charge in [0.2, 0.25) is 11.8 Å². The van der Waals surface area contributed by atoms with Crippen LogP contribution >= 0.6 is 0 Å². The first-order valence-corrected chi connectivity index (χ1v) is 13.3. The monoisotopic (exact) mass is 539 g/mol. The largest absolute Gasteiger partial charge is 0.494 e. The van der Waals surface area contributed by atoms with Gasteiger partial charge >= 0.3 is 0 Å². The molecule has 0 heterocycles. The van der Waals surface area contributed by atoms with Crippen LogP contribution in [0.15, 0.2) is 90.0 Å². The number of amides is 2. The van der Waals surface area contributed by atoms with E-state index in [-0.39, 0.29) is 24.7 Å². The second-order valence-corrected chi connectivity index (χ2v) is 8.86. The van der Waals surface area contributed by atoms with Gasteiger partial charge in [0.1, 0.15) is 12.4 Å². The zero-order valence-corrected chi connectivity index (χ0v) is 22.7. The van der Waals surface area contributed by atoms with E-state index in [1.54, 1.807) is 24.3 Å². The number of nitrogens with zero attached hydrogens (tertiary/aromatic N) is 1. The molecule has 40 heavy (non-hydrogen) atoms. The Hall–Kier alpha value is -4.85. The van der Waals surface area contributed by atoms with Gasteiger partial charge in [-0.3, -0.25) is 9.59 Å². The Morgan fingerprint density at radius 2 is 1.52 bits per heavy atom. The lowest BCUT2D eigenvalue weighted by molar-refractivity contribution is -0.124. The van der Waals surface area contributed by atoms with Gasteiger partial charge in [-0.15, -0.1) is 0 Å². The molecular weight excluding hydrogens is 506 g/mol. The average molecular weight is 540 g/mol. The van der Waals surface area contributed by atoms with Gasteiger partial charge in [-0.1, -0.05) is 42.5 Å². The van der Waals surface area contributed by atoms with Crippen molar-refractivity contribution in [2.24, 2.45) is 5.10 Å². The van der Waals surface area contributed by atoms with Crippen LogP contribution in [0.3, 0.4) is 0 Å². The molecule has 2 N–H and O–H groups in total. The Morgan fingerprint density at radius 1 is 0.775 bits per heavy atom. The Morgan fingerprint density at radius 3 is 2.33 bits per heavy atom. The number of rotatable bonds is 13. The lowest BCUT2D eigenvalue weighted by atomic mass is 10.1. The summed E-state index contributed by atoms with van der Waals surface area (Å²) >= 11 is 0. The van der Waals surface area contributed by atoms with Crippen molar-refractivity contribution >= 4 is 34.5 Å². The SMILES string of the molecule is CCOc1ccc(NC(=O)CCC(=O)NN=Cc2ccc(OCc3cccc4ccccc34)c(OCC)c2)cc1. The van der Waals surface area contributed by atoms with Gasteiger partial charge in [-0.25, -0.2) is 5.43 Å². The molecular formula is C32H33N3O5. The van der Waals surface area contributed by atoms with Crippen LogP contribution in [0.2, 0.25) is 0 Å². The predicted octanol–water partition coefficient (Wildman–Crippen LogP) is 6.09. The van der Waals surface area contributed by atoms with E-state index >= 15 is 0 Å². The van der Waals surface area contributed by atoms with Gasteiger partial charge in [0.15, 0.2) is 11.5 Å². The second-order valence-electron chi connectivity index (χ2n) is 8.86. The first kappa shape index (κ1) is 28.2. The molecule has 0 fully saturated rings. The van der Waals surface area contributed by atoms with Crippen LogP contribution in [0.25, 0.3) is 10.8 Å². The first-order valence-electron chi connectivity index (χ1n) is 13.3. The third kappa shape index (κ3) is 8.07. The fourth-order valence-corrected chi connectivity index (χ4v) is 4.05. The van der Waals surface area contributed by atoms with Crippen LogP contribution < -0.4 is 25.0 Å². The van der Waals surface area contributed by atoms with Crippen LogP contribution in [0.1, 0.15) is 37.8 Å². The number of hydrogen-bond acceptors (Lipinski definition) is 6. The van der Waals surface area contributed by atoms with Gasteiger partial charge in [0.05, 0.1) is 19.4 Å². The van der Waals surface area contributed by atoms with E-state index in [2.05, 4.69) is 40.1 Å². The zero-order valence-electron chi connectivity index (χ0n) is 22.7. The number of benzene rings is 4. The molecule has 0 radical (unpaired) electrons. The molecule has 0 saturated heterocycles. The van der Waals surface area contributed by atoms with E-state index in [1.165, 1.54) is 6.21 Å². The fourth-order valence-electron chi connectivity index (χ4n) is 4.05. The number of hydrazone groups is 1. The van der Waals surface area contributed by atoms with Gasteiger partial charge in [0, 0.05) is 18.5 Å². The van der Waals surface area contributed by atoms with Crippen molar-refractivity contribution in [3.63, 3.8) is 0 Å². The van der Waals surface area contributed by atoms with Crippen LogP contribution in [-0.2, 0) is 16.2 Å². The maximum Gasteiger partial charge on any atom is 0.240 e. The van der Waals surface area contributed by atoms with Crippen molar-refractivity contribution in [3.05, 3.63) is 96.1 Å². The van der Waals surface area contributed by atoms with Gasteiger partial charge in [-0.2, -0.15) is 5.10 Å². The summed E-state index contributed by atoms with van der Waals surface area (Å²) in [6.45, 7) is 5.26. The normalized spacial score (nSPS) is 10.8. The number of fused-ring (bicyclic) bond motifs is 1. The third-order valence-electron chi connectivity index (χ3n) is 5.96. The molecule has 4 aromatic carbocycles. The molecule has 2 amide bonds. The maximum absolute atomic E-state index is 12.2. The summed E-state index contributed by atoms with van der Waals surface area (Å²) in [6, 6.07) is 26.9. The van der Waals surface area contributed by atoms with Crippen LogP contribution in [0.4, 0.5) is 5.69 Å². The molecule has 8 heteroatoms. The second kappa shape index (κ2) is 14.3. The van der Waals surface area contributed by atoms with Crippen molar-refractivity contribution in [1.82, 2.24) is 5.43 Å². The molecule has 0 aliphatic carbocycles. The van der Waals surface area contributed by atoms with Gasteiger partial charge in [-0.05, 0) is 78.2 Å². The number of hydrogen-bond donors (Lipinski definition) is 2. The summed E-state index contributed by atoms with van der Waals surface area (Å²) in [7, 11) is 0. The molecule has 4 rings (SSSR count). The first-order chi connectivity index (χ1) is 19.6. The van der Waals surface area contributed by atoms with E-state index in [9.17, 15) is 9.59 Å². The zero-order chi connectivity index (χ0) is 28.2. The van der Waals surface area contributed by atoms with E-state index in [4.69, 9.17) is 14.2 Å². The van der Waals surface area contributed by atoms with Crippen molar-refractivity contribution in [1.29, 1.82) is 0 Å². The molecule has 0 aromatic heterocycles. The maximum atomic E-state index is 12.2. The number of nitrogens with one attached hydrogen (secondary N) is 2. The molecule has 0 bridgehead atoms. The van der Waals surface area contributed by atoms with E-state index in [0.29, 0.717) is 37.0 Å². The van der Waals surface area contributed by atoms with Crippen molar-refractivity contribution in [2.75, 3.05) is 18.5 Å². The molecule has 4 aromatic rings. The third-order valence-corrected chi connectivity index (χ3v) is 5.96. The summed E-state index contributed by atoms with van der Waals surface area (Å²) in [6.07, 6.45) is 1.56. The minimum absolute atomic E-state index is 0.00530. The molecule has 8 nitrogen and oxygen atoms in total. The Labute approximate surface area is 234 Å². The van der Waals surface area contributed by atoms with Gasteiger partial charge in [0.25, 0.3) is 0 Å².